The summed E-state index contributed by atoms with van der Waals surface area (Å²) in [5.74, 6) is -1.94. The Bertz CT molecular complexity index is 356. The van der Waals surface area contributed by atoms with Crippen LogP contribution in [0.15, 0.2) is 0 Å². The zero-order valence-corrected chi connectivity index (χ0v) is 14.9. The molecule has 0 aromatic carbocycles. The number of unbranched alkanes of at least 4 members (excludes halogenated alkanes) is 1. The lowest BCUT2D eigenvalue weighted by Gasteiger charge is -2.28. The molecule has 130 valence electrons. The molecule has 0 amide bonds. The maximum absolute atomic E-state index is 11.7. The highest BCUT2D eigenvalue weighted by atomic mass is 17.2. The third-order valence-corrected chi connectivity index (χ3v) is 2.51. The highest BCUT2D eigenvalue weighted by molar-refractivity contribution is 6.29. The molecule has 1 atom stereocenters. The average molecular weight is 318 g/mol. The van der Waals surface area contributed by atoms with Crippen LogP contribution in [0.25, 0.3) is 0 Å². The number of carbonyl (C=O) groups is 2. The van der Waals surface area contributed by atoms with Crippen molar-refractivity contribution >= 4 is 11.9 Å². The molecule has 0 fully saturated rings. The molecule has 0 aromatic heterocycles. The fourth-order valence-electron chi connectivity index (χ4n) is 1.66. The zero-order valence-electron chi connectivity index (χ0n) is 14.9. The molecule has 0 bridgehead atoms. The predicted molar refractivity (Wildman–Crippen MR) is 82.0 cm³/mol. The first-order valence-corrected chi connectivity index (χ1v) is 7.71. The summed E-state index contributed by atoms with van der Waals surface area (Å²) in [4.78, 5) is 33.6. The quantitative estimate of drug-likeness (QED) is 0.225. The number of esters is 2. The monoisotopic (exact) mass is 318 g/mol. The van der Waals surface area contributed by atoms with Gasteiger partial charge in [-0.15, -0.1) is 0 Å². The van der Waals surface area contributed by atoms with Gasteiger partial charge in [0.1, 0.15) is 5.60 Å². The van der Waals surface area contributed by atoms with Crippen LogP contribution in [0.1, 0.15) is 67.7 Å². The van der Waals surface area contributed by atoms with Crippen LogP contribution in [0.5, 0.6) is 0 Å². The number of rotatable bonds is 8. The van der Waals surface area contributed by atoms with E-state index < -0.39 is 23.1 Å². The van der Waals surface area contributed by atoms with Gasteiger partial charge in [-0.05, 0) is 48.0 Å². The molecule has 0 aliphatic carbocycles. The molecule has 22 heavy (non-hydrogen) atoms. The minimum absolute atomic E-state index is 0.226. The molecular formula is C16H30O6. The summed E-state index contributed by atoms with van der Waals surface area (Å²) < 4.78 is 10.0. The summed E-state index contributed by atoms with van der Waals surface area (Å²) in [5.41, 5.74) is -1.28. The summed E-state index contributed by atoms with van der Waals surface area (Å²) in [5, 5.41) is 0. The Morgan fingerprint density at radius 2 is 1.64 bits per heavy atom. The van der Waals surface area contributed by atoms with Crippen LogP contribution in [-0.2, 0) is 28.8 Å². The van der Waals surface area contributed by atoms with Crippen molar-refractivity contribution in [2.75, 3.05) is 6.61 Å². The molecule has 6 nitrogen and oxygen atoms in total. The van der Waals surface area contributed by atoms with Crippen molar-refractivity contribution < 1.29 is 28.8 Å². The van der Waals surface area contributed by atoms with Gasteiger partial charge in [0, 0.05) is 6.42 Å². The van der Waals surface area contributed by atoms with Crippen LogP contribution >= 0.6 is 0 Å². The van der Waals surface area contributed by atoms with Gasteiger partial charge in [0.25, 0.3) is 0 Å². The third-order valence-electron chi connectivity index (χ3n) is 2.51. The fraction of sp³-hybridized carbons (Fsp3) is 0.875. The zero-order chi connectivity index (χ0) is 17.4. The van der Waals surface area contributed by atoms with Crippen molar-refractivity contribution in [3.05, 3.63) is 0 Å². The molecule has 0 saturated heterocycles. The molecule has 0 saturated carbocycles. The molecule has 0 aromatic rings. The summed E-state index contributed by atoms with van der Waals surface area (Å²) >= 11 is 0. The maximum atomic E-state index is 11.7. The summed E-state index contributed by atoms with van der Waals surface area (Å²) in [6.45, 7) is 13.0. The lowest BCUT2D eigenvalue weighted by atomic mass is 10.0. The largest absolute Gasteiger partial charge is 0.457 e. The van der Waals surface area contributed by atoms with Gasteiger partial charge in [0.15, 0.2) is 0 Å². The van der Waals surface area contributed by atoms with Gasteiger partial charge in [-0.3, -0.25) is 0 Å². The lowest BCUT2D eigenvalue weighted by Crippen LogP contribution is -2.36. The Kier molecular flexibility index (Phi) is 8.63. The van der Waals surface area contributed by atoms with Crippen molar-refractivity contribution in [2.24, 2.45) is 0 Å². The standard InChI is InChI=1S/C16H30O6/c1-8-9-10-19-13(17)14(18)20-16(6,7)11-12(2)21-22-15(3,4)5/h12H,8-11H2,1-7H3. The lowest BCUT2D eigenvalue weighted by molar-refractivity contribution is -0.373. The van der Waals surface area contributed by atoms with Gasteiger partial charge < -0.3 is 9.47 Å². The molecule has 0 rings (SSSR count). The van der Waals surface area contributed by atoms with Crippen LogP contribution in [0.3, 0.4) is 0 Å². The van der Waals surface area contributed by atoms with Crippen molar-refractivity contribution in [2.45, 2.75) is 85.0 Å². The first kappa shape index (κ1) is 20.9. The van der Waals surface area contributed by atoms with E-state index in [2.05, 4.69) is 0 Å². The molecular weight excluding hydrogens is 288 g/mol. The van der Waals surface area contributed by atoms with Crippen molar-refractivity contribution in [1.82, 2.24) is 0 Å². The van der Waals surface area contributed by atoms with E-state index in [4.69, 9.17) is 19.2 Å². The Balaban J connectivity index is 4.26. The third kappa shape index (κ3) is 10.6. The molecule has 0 heterocycles. The van der Waals surface area contributed by atoms with E-state index in [0.29, 0.717) is 6.42 Å². The maximum Gasteiger partial charge on any atom is 0.418 e. The molecule has 0 aliphatic rings. The second-order valence-electron chi connectivity index (χ2n) is 6.95. The van der Waals surface area contributed by atoms with E-state index in [1.54, 1.807) is 20.8 Å². The highest BCUT2D eigenvalue weighted by Crippen LogP contribution is 2.20. The van der Waals surface area contributed by atoms with Crippen LogP contribution in [0.4, 0.5) is 0 Å². The van der Waals surface area contributed by atoms with E-state index in [0.717, 1.165) is 12.8 Å². The number of hydrogen-bond acceptors (Lipinski definition) is 6. The van der Waals surface area contributed by atoms with Crippen molar-refractivity contribution in [1.29, 1.82) is 0 Å². The number of carbonyl (C=O) groups excluding carboxylic acids is 2. The minimum Gasteiger partial charge on any atom is -0.457 e. The molecule has 6 heteroatoms. The molecule has 0 radical (unpaired) electrons. The van der Waals surface area contributed by atoms with E-state index in [1.807, 2.05) is 27.7 Å². The molecule has 0 spiro atoms. The highest BCUT2D eigenvalue weighted by Gasteiger charge is 2.30. The van der Waals surface area contributed by atoms with Crippen LogP contribution in [-0.4, -0.2) is 35.9 Å². The van der Waals surface area contributed by atoms with E-state index >= 15 is 0 Å². The molecule has 0 N–H and O–H groups in total. The Labute approximate surface area is 133 Å². The van der Waals surface area contributed by atoms with Crippen LogP contribution in [0, 0.1) is 0 Å². The Morgan fingerprint density at radius 3 is 2.14 bits per heavy atom. The van der Waals surface area contributed by atoms with Crippen LogP contribution in [0.2, 0.25) is 0 Å². The van der Waals surface area contributed by atoms with Gasteiger partial charge in [-0.2, -0.15) is 0 Å². The Morgan fingerprint density at radius 1 is 1.05 bits per heavy atom. The molecule has 0 aliphatic heterocycles. The van der Waals surface area contributed by atoms with E-state index in [1.165, 1.54) is 0 Å². The number of ether oxygens (including phenoxy) is 2. The van der Waals surface area contributed by atoms with Gasteiger partial charge in [0.2, 0.25) is 0 Å². The summed E-state index contributed by atoms with van der Waals surface area (Å²) in [6.07, 6.45) is 1.70. The number of hydrogen-bond donors (Lipinski definition) is 0. The summed E-state index contributed by atoms with van der Waals surface area (Å²) in [6, 6.07) is 0. The fourth-order valence-corrected chi connectivity index (χ4v) is 1.66. The minimum atomic E-state index is -0.981. The van der Waals surface area contributed by atoms with Gasteiger partial charge >= 0.3 is 11.9 Å². The second-order valence-corrected chi connectivity index (χ2v) is 6.95. The van der Waals surface area contributed by atoms with Gasteiger partial charge in [-0.1, -0.05) is 13.3 Å². The Hall–Kier alpha value is -1.14. The smallest absolute Gasteiger partial charge is 0.418 e. The van der Waals surface area contributed by atoms with Crippen molar-refractivity contribution in [3.63, 3.8) is 0 Å². The SMILES string of the molecule is CCCCOC(=O)C(=O)OC(C)(C)CC(C)OOC(C)(C)C. The van der Waals surface area contributed by atoms with Gasteiger partial charge in [-0.25, -0.2) is 19.4 Å². The van der Waals surface area contributed by atoms with Gasteiger partial charge in [0.05, 0.1) is 18.3 Å². The van der Waals surface area contributed by atoms with E-state index in [9.17, 15) is 9.59 Å². The van der Waals surface area contributed by atoms with Crippen molar-refractivity contribution in [3.8, 4) is 0 Å². The topological polar surface area (TPSA) is 71.1 Å². The second kappa shape index (κ2) is 9.10. The normalized spacial score (nSPS) is 13.6. The average Bonchev–Trinajstić information content (AvgIpc) is 2.34. The first-order valence-electron chi connectivity index (χ1n) is 7.71. The summed E-state index contributed by atoms with van der Waals surface area (Å²) in [7, 11) is 0. The van der Waals surface area contributed by atoms with Crippen LogP contribution < -0.4 is 0 Å². The first-order chi connectivity index (χ1) is 9.97. The predicted octanol–water partition coefficient (Wildman–Crippen LogP) is 3.18. The molecule has 1 unspecified atom stereocenters. The van der Waals surface area contributed by atoms with E-state index in [-0.39, 0.29) is 12.7 Å².